The largest absolute Gasteiger partial charge is 0.487 e. The fourth-order valence-electron chi connectivity index (χ4n) is 4.72. The zero-order chi connectivity index (χ0) is 17.9. The van der Waals surface area contributed by atoms with E-state index in [1.807, 2.05) is 12.1 Å². The molecule has 4 aliphatic heterocycles. The highest BCUT2D eigenvalue weighted by molar-refractivity contribution is 6.05. The molecule has 0 bridgehead atoms. The maximum absolute atomic E-state index is 12.9. The lowest BCUT2D eigenvalue weighted by atomic mass is 9.86. The van der Waals surface area contributed by atoms with E-state index in [4.69, 9.17) is 4.74 Å². The van der Waals surface area contributed by atoms with Crippen molar-refractivity contribution >= 4 is 17.7 Å². The number of carbonyl (C=O) groups excluding carboxylic acids is 3. The lowest BCUT2D eigenvalue weighted by molar-refractivity contribution is -0.136. The Bertz CT molecular complexity index is 828. The van der Waals surface area contributed by atoms with Gasteiger partial charge in [0.2, 0.25) is 11.8 Å². The molecule has 0 radical (unpaired) electrons. The molecule has 5 rings (SSSR count). The molecule has 0 aromatic heterocycles. The van der Waals surface area contributed by atoms with Gasteiger partial charge < -0.3 is 15.0 Å². The molecule has 1 atom stereocenters. The van der Waals surface area contributed by atoms with E-state index in [0.717, 1.165) is 49.2 Å². The second kappa shape index (κ2) is 5.54. The molecular formula is C19H21N3O4. The van der Waals surface area contributed by atoms with Gasteiger partial charge in [0.15, 0.2) is 0 Å². The highest BCUT2D eigenvalue weighted by atomic mass is 16.5. The maximum Gasteiger partial charge on any atom is 0.255 e. The van der Waals surface area contributed by atoms with Crippen LogP contribution in [-0.2, 0) is 22.6 Å². The summed E-state index contributed by atoms with van der Waals surface area (Å²) in [5, 5.41) is 5.72. The third kappa shape index (κ3) is 2.26. The van der Waals surface area contributed by atoms with Gasteiger partial charge in [0.25, 0.3) is 5.91 Å². The molecule has 2 saturated heterocycles. The van der Waals surface area contributed by atoms with Gasteiger partial charge in [0.05, 0.1) is 0 Å². The Kier molecular flexibility index (Phi) is 3.37. The molecule has 3 amide bonds. The van der Waals surface area contributed by atoms with E-state index < -0.39 is 6.04 Å². The summed E-state index contributed by atoms with van der Waals surface area (Å²) in [7, 11) is 0. The summed E-state index contributed by atoms with van der Waals surface area (Å²) in [5.74, 6) is 0.120. The first-order valence-electron chi connectivity index (χ1n) is 9.25. The lowest BCUT2D eigenvalue weighted by Crippen LogP contribution is -2.52. The number of ether oxygens (including phenoxy) is 1. The van der Waals surface area contributed by atoms with Crippen molar-refractivity contribution in [2.24, 2.45) is 0 Å². The summed E-state index contributed by atoms with van der Waals surface area (Å²) in [6.45, 7) is 2.30. The van der Waals surface area contributed by atoms with Crippen LogP contribution >= 0.6 is 0 Å². The van der Waals surface area contributed by atoms with Gasteiger partial charge in [-0.15, -0.1) is 0 Å². The number of imide groups is 1. The van der Waals surface area contributed by atoms with Gasteiger partial charge in [-0.2, -0.15) is 0 Å². The number of hydrogen-bond acceptors (Lipinski definition) is 5. The van der Waals surface area contributed by atoms with E-state index in [1.54, 1.807) is 4.90 Å². The quantitative estimate of drug-likeness (QED) is 0.717. The van der Waals surface area contributed by atoms with Crippen LogP contribution in [0.1, 0.15) is 47.2 Å². The first-order valence-corrected chi connectivity index (χ1v) is 9.25. The molecule has 7 nitrogen and oxygen atoms in total. The van der Waals surface area contributed by atoms with Gasteiger partial charge in [-0.25, -0.2) is 0 Å². The standard InChI is InChI=1S/C19H21N3O4/c23-16-4-2-14(17(24)21-16)22-10-13-11(18(22)25)1-3-15-12(13)9-19(26-15)5-7-20-8-6-19/h1,3,14,20H,2,4-10H2,(H,21,23,24). The zero-order valence-electron chi connectivity index (χ0n) is 14.5. The fraction of sp³-hybridized carbons (Fsp3) is 0.526. The molecule has 2 N–H and O–H groups in total. The van der Waals surface area contributed by atoms with E-state index in [0.29, 0.717) is 18.5 Å². The molecule has 1 spiro atoms. The minimum Gasteiger partial charge on any atom is -0.487 e. The second-order valence-corrected chi connectivity index (χ2v) is 7.68. The first kappa shape index (κ1) is 15.8. The Morgan fingerprint density at radius 1 is 1.12 bits per heavy atom. The highest BCUT2D eigenvalue weighted by Crippen LogP contribution is 2.44. The number of amides is 3. The number of rotatable bonds is 1. The molecular weight excluding hydrogens is 334 g/mol. The second-order valence-electron chi connectivity index (χ2n) is 7.68. The SMILES string of the molecule is O=C1CCC(N2Cc3c(ccc4c3CC3(CCNCC3)O4)C2=O)C(=O)N1. The van der Waals surface area contributed by atoms with Crippen molar-refractivity contribution in [3.8, 4) is 5.75 Å². The van der Waals surface area contributed by atoms with Crippen LogP contribution in [0.3, 0.4) is 0 Å². The average Bonchev–Trinajstić information content (AvgIpc) is 3.14. The molecule has 1 aromatic rings. The van der Waals surface area contributed by atoms with Crippen LogP contribution in [0.4, 0.5) is 0 Å². The van der Waals surface area contributed by atoms with E-state index in [2.05, 4.69) is 10.6 Å². The van der Waals surface area contributed by atoms with Crippen LogP contribution < -0.4 is 15.4 Å². The van der Waals surface area contributed by atoms with Gasteiger partial charge >= 0.3 is 0 Å². The van der Waals surface area contributed by atoms with Crippen molar-refractivity contribution in [2.75, 3.05) is 13.1 Å². The zero-order valence-corrected chi connectivity index (χ0v) is 14.5. The van der Waals surface area contributed by atoms with Crippen LogP contribution in [0.2, 0.25) is 0 Å². The van der Waals surface area contributed by atoms with Crippen LogP contribution in [0.5, 0.6) is 5.75 Å². The predicted molar refractivity (Wildman–Crippen MR) is 91.7 cm³/mol. The molecule has 0 aliphatic carbocycles. The summed E-state index contributed by atoms with van der Waals surface area (Å²) in [4.78, 5) is 38.1. The van der Waals surface area contributed by atoms with Crippen LogP contribution in [-0.4, -0.2) is 47.4 Å². The number of nitrogens with zero attached hydrogens (tertiary/aromatic N) is 1. The number of piperidine rings is 2. The van der Waals surface area contributed by atoms with Crippen LogP contribution in [0.15, 0.2) is 12.1 Å². The van der Waals surface area contributed by atoms with Gasteiger partial charge in [0, 0.05) is 30.5 Å². The maximum atomic E-state index is 12.9. The fourth-order valence-corrected chi connectivity index (χ4v) is 4.72. The van der Waals surface area contributed by atoms with E-state index >= 15 is 0 Å². The van der Waals surface area contributed by atoms with Gasteiger partial charge in [0.1, 0.15) is 17.4 Å². The number of nitrogens with one attached hydrogen (secondary N) is 2. The smallest absolute Gasteiger partial charge is 0.255 e. The monoisotopic (exact) mass is 355 g/mol. The minimum absolute atomic E-state index is 0.122. The number of hydrogen-bond donors (Lipinski definition) is 2. The molecule has 2 fully saturated rings. The normalized spacial score (nSPS) is 26.5. The van der Waals surface area contributed by atoms with Crippen molar-refractivity contribution in [3.05, 3.63) is 28.8 Å². The van der Waals surface area contributed by atoms with Crippen molar-refractivity contribution in [2.45, 2.75) is 50.3 Å². The molecule has 4 aliphatic rings. The molecule has 26 heavy (non-hydrogen) atoms. The van der Waals surface area contributed by atoms with Gasteiger partial charge in [-0.3, -0.25) is 19.7 Å². The molecule has 7 heteroatoms. The van der Waals surface area contributed by atoms with Crippen molar-refractivity contribution in [1.82, 2.24) is 15.5 Å². The Balaban J connectivity index is 1.45. The summed E-state index contributed by atoms with van der Waals surface area (Å²) in [6.07, 6.45) is 3.40. The van der Waals surface area contributed by atoms with Gasteiger partial charge in [-0.05, 0) is 50.0 Å². The number of benzene rings is 1. The summed E-state index contributed by atoms with van der Waals surface area (Å²) >= 11 is 0. The van der Waals surface area contributed by atoms with Crippen molar-refractivity contribution < 1.29 is 19.1 Å². The van der Waals surface area contributed by atoms with E-state index in [9.17, 15) is 14.4 Å². The summed E-state index contributed by atoms with van der Waals surface area (Å²) in [6, 6.07) is 3.15. The number of carbonyl (C=O) groups is 3. The summed E-state index contributed by atoms with van der Waals surface area (Å²) in [5.41, 5.74) is 2.62. The Morgan fingerprint density at radius 3 is 2.69 bits per heavy atom. The van der Waals surface area contributed by atoms with Crippen molar-refractivity contribution in [1.29, 1.82) is 0 Å². The van der Waals surface area contributed by atoms with Gasteiger partial charge in [-0.1, -0.05) is 0 Å². The minimum atomic E-state index is -0.571. The number of fused-ring (bicyclic) bond motifs is 3. The third-order valence-corrected chi connectivity index (χ3v) is 6.13. The predicted octanol–water partition coefficient (Wildman–Crippen LogP) is 0.505. The summed E-state index contributed by atoms with van der Waals surface area (Å²) < 4.78 is 6.32. The van der Waals surface area contributed by atoms with Crippen LogP contribution in [0, 0.1) is 0 Å². The first-order chi connectivity index (χ1) is 12.6. The Morgan fingerprint density at radius 2 is 1.92 bits per heavy atom. The molecule has 136 valence electrons. The molecule has 1 unspecified atom stereocenters. The van der Waals surface area contributed by atoms with Crippen molar-refractivity contribution in [3.63, 3.8) is 0 Å². The van der Waals surface area contributed by atoms with E-state index in [-0.39, 0.29) is 29.7 Å². The average molecular weight is 355 g/mol. The van der Waals surface area contributed by atoms with Crippen LogP contribution in [0.25, 0.3) is 0 Å². The molecule has 4 heterocycles. The molecule has 1 aromatic carbocycles. The third-order valence-electron chi connectivity index (χ3n) is 6.13. The highest BCUT2D eigenvalue weighted by Gasteiger charge is 2.45. The molecule has 0 saturated carbocycles. The van der Waals surface area contributed by atoms with E-state index in [1.165, 1.54) is 0 Å². The Labute approximate surface area is 151 Å². The topological polar surface area (TPSA) is 87.7 Å². The lowest BCUT2D eigenvalue weighted by Gasteiger charge is -2.33. The Hall–Kier alpha value is -2.41.